The van der Waals surface area contributed by atoms with Crippen molar-refractivity contribution in [2.75, 3.05) is 12.4 Å². The van der Waals surface area contributed by atoms with Gasteiger partial charge in [0.2, 0.25) is 11.9 Å². The SMILES string of the molecule is COc1cccc(C(C)C(=O)Nc2nnnn2C)c1. The van der Waals surface area contributed by atoms with Crippen LogP contribution in [-0.4, -0.2) is 33.2 Å². The highest BCUT2D eigenvalue weighted by Gasteiger charge is 2.17. The Morgan fingerprint density at radius 3 is 2.89 bits per heavy atom. The maximum absolute atomic E-state index is 12.1. The van der Waals surface area contributed by atoms with Crippen LogP contribution in [0.5, 0.6) is 5.75 Å². The van der Waals surface area contributed by atoms with Crippen LogP contribution in [-0.2, 0) is 11.8 Å². The first kappa shape index (κ1) is 13.0. The highest BCUT2D eigenvalue weighted by atomic mass is 16.5. The fourth-order valence-electron chi connectivity index (χ4n) is 1.62. The number of nitrogens with one attached hydrogen (secondary N) is 1. The van der Waals surface area contributed by atoms with Crippen molar-refractivity contribution in [2.45, 2.75) is 12.8 Å². The quantitative estimate of drug-likeness (QED) is 0.886. The van der Waals surface area contributed by atoms with Gasteiger partial charge in [0.05, 0.1) is 13.0 Å². The number of hydrogen-bond donors (Lipinski definition) is 1. The normalized spacial score (nSPS) is 11.9. The Balaban J connectivity index is 2.12. The predicted octanol–water partition coefficient (Wildman–Crippen LogP) is 0.961. The Morgan fingerprint density at radius 1 is 1.47 bits per heavy atom. The third-order valence-electron chi connectivity index (χ3n) is 2.84. The van der Waals surface area contributed by atoms with Gasteiger partial charge in [-0.2, -0.15) is 0 Å². The Kier molecular flexibility index (Phi) is 3.74. The number of ether oxygens (including phenoxy) is 1. The van der Waals surface area contributed by atoms with Gasteiger partial charge in [-0.15, -0.1) is 0 Å². The molecular weight excluding hydrogens is 246 g/mol. The molecule has 1 aromatic heterocycles. The molecule has 2 aromatic rings. The predicted molar refractivity (Wildman–Crippen MR) is 68.8 cm³/mol. The summed E-state index contributed by atoms with van der Waals surface area (Å²) in [7, 11) is 3.25. The molecule has 1 aromatic carbocycles. The molecular formula is C12H15N5O2. The Morgan fingerprint density at radius 2 is 2.26 bits per heavy atom. The van der Waals surface area contributed by atoms with Gasteiger partial charge in [0, 0.05) is 7.05 Å². The molecule has 1 heterocycles. The van der Waals surface area contributed by atoms with Crippen molar-refractivity contribution in [2.24, 2.45) is 7.05 Å². The van der Waals surface area contributed by atoms with Crippen molar-refractivity contribution in [1.29, 1.82) is 0 Å². The number of benzene rings is 1. The number of carbonyl (C=O) groups excluding carboxylic acids is 1. The average molecular weight is 261 g/mol. The summed E-state index contributed by atoms with van der Waals surface area (Å²) in [6.45, 7) is 1.81. The number of rotatable bonds is 4. The van der Waals surface area contributed by atoms with E-state index < -0.39 is 0 Å². The van der Waals surface area contributed by atoms with Crippen molar-refractivity contribution in [3.8, 4) is 5.75 Å². The molecule has 2 rings (SSSR count). The van der Waals surface area contributed by atoms with Crippen molar-refractivity contribution in [1.82, 2.24) is 20.2 Å². The summed E-state index contributed by atoms with van der Waals surface area (Å²) >= 11 is 0. The highest BCUT2D eigenvalue weighted by molar-refractivity contribution is 5.94. The first-order valence-corrected chi connectivity index (χ1v) is 5.79. The number of anilines is 1. The Bertz CT molecular complexity index is 581. The molecule has 100 valence electrons. The number of aryl methyl sites for hydroxylation is 1. The monoisotopic (exact) mass is 261 g/mol. The summed E-state index contributed by atoms with van der Waals surface area (Å²) in [5, 5.41) is 13.5. The van der Waals surface area contributed by atoms with Gasteiger partial charge in [0.15, 0.2) is 0 Å². The van der Waals surface area contributed by atoms with Gasteiger partial charge in [-0.1, -0.05) is 17.2 Å². The summed E-state index contributed by atoms with van der Waals surface area (Å²) < 4.78 is 6.54. The molecule has 1 atom stereocenters. The molecule has 0 fully saturated rings. The van der Waals surface area contributed by atoms with E-state index in [0.29, 0.717) is 5.95 Å². The van der Waals surface area contributed by atoms with Crippen LogP contribution in [0.4, 0.5) is 5.95 Å². The van der Waals surface area contributed by atoms with Gasteiger partial charge >= 0.3 is 0 Å². The van der Waals surface area contributed by atoms with Crippen LogP contribution in [0.3, 0.4) is 0 Å². The highest BCUT2D eigenvalue weighted by Crippen LogP contribution is 2.21. The maximum atomic E-state index is 12.1. The summed E-state index contributed by atoms with van der Waals surface area (Å²) in [6.07, 6.45) is 0. The number of amides is 1. The van der Waals surface area contributed by atoms with Crippen LogP contribution in [0.2, 0.25) is 0 Å². The van der Waals surface area contributed by atoms with E-state index in [1.165, 1.54) is 4.68 Å². The number of methoxy groups -OCH3 is 1. The van der Waals surface area contributed by atoms with Crippen LogP contribution in [0.15, 0.2) is 24.3 Å². The van der Waals surface area contributed by atoms with Crippen molar-refractivity contribution >= 4 is 11.9 Å². The van der Waals surface area contributed by atoms with E-state index in [-0.39, 0.29) is 11.8 Å². The summed E-state index contributed by atoms with van der Waals surface area (Å²) in [5.41, 5.74) is 0.868. The van der Waals surface area contributed by atoms with E-state index in [0.717, 1.165) is 11.3 Å². The Hall–Kier alpha value is -2.44. The van der Waals surface area contributed by atoms with Gasteiger partial charge in [-0.25, -0.2) is 4.68 Å². The number of nitrogens with zero attached hydrogens (tertiary/aromatic N) is 4. The van der Waals surface area contributed by atoms with Crippen LogP contribution in [0.25, 0.3) is 0 Å². The fourth-order valence-corrected chi connectivity index (χ4v) is 1.62. The zero-order valence-electron chi connectivity index (χ0n) is 11.0. The van der Waals surface area contributed by atoms with Gasteiger partial charge in [-0.3, -0.25) is 10.1 Å². The van der Waals surface area contributed by atoms with Gasteiger partial charge in [-0.05, 0) is 35.0 Å². The van der Waals surface area contributed by atoms with Gasteiger partial charge in [0.1, 0.15) is 5.75 Å². The summed E-state index contributed by atoms with van der Waals surface area (Å²) in [5.74, 6) is 0.537. The van der Waals surface area contributed by atoms with E-state index in [1.807, 2.05) is 31.2 Å². The number of carbonyl (C=O) groups is 1. The van der Waals surface area contributed by atoms with E-state index in [1.54, 1.807) is 14.2 Å². The van der Waals surface area contributed by atoms with E-state index in [4.69, 9.17) is 4.74 Å². The number of tetrazole rings is 1. The third kappa shape index (κ3) is 2.87. The van der Waals surface area contributed by atoms with E-state index >= 15 is 0 Å². The molecule has 0 aliphatic carbocycles. The second-order valence-corrected chi connectivity index (χ2v) is 4.11. The van der Waals surface area contributed by atoms with Crippen molar-refractivity contribution in [3.63, 3.8) is 0 Å². The first-order chi connectivity index (χ1) is 9.11. The lowest BCUT2D eigenvalue weighted by Gasteiger charge is -2.12. The minimum Gasteiger partial charge on any atom is -0.497 e. The van der Waals surface area contributed by atoms with Crippen LogP contribution < -0.4 is 10.1 Å². The second kappa shape index (κ2) is 5.47. The van der Waals surface area contributed by atoms with Gasteiger partial charge < -0.3 is 4.74 Å². The molecule has 0 saturated carbocycles. The van der Waals surface area contributed by atoms with Crippen molar-refractivity contribution < 1.29 is 9.53 Å². The first-order valence-electron chi connectivity index (χ1n) is 5.79. The lowest BCUT2D eigenvalue weighted by atomic mass is 10.0. The van der Waals surface area contributed by atoms with E-state index in [2.05, 4.69) is 20.8 Å². The van der Waals surface area contributed by atoms with Crippen molar-refractivity contribution in [3.05, 3.63) is 29.8 Å². The van der Waals surface area contributed by atoms with E-state index in [9.17, 15) is 4.79 Å². The maximum Gasteiger partial charge on any atom is 0.249 e. The Labute approximate surface area is 110 Å². The molecule has 0 aliphatic heterocycles. The molecule has 0 spiro atoms. The van der Waals surface area contributed by atoms with Crippen LogP contribution >= 0.6 is 0 Å². The second-order valence-electron chi connectivity index (χ2n) is 4.11. The summed E-state index contributed by atoms with van der Waals surface area (Å²) in [6, 6.07) is 7.39. The lowest BCUT2D eigenvalue weighted by molar-refractivity contribution is -0.117. The minimum absolute atomic E-state index is 0.175. The molecule has 7 heteroatoms. The third-order valence-corrected chi connectivity index (χ3v) is 2.84. The minimum atomic E-state index is -0.327. The van der Waals surface area contributed by atoms with Gasteiger partial charge in [0.25, 0.3) is 0 Å². The standard InChI is InChI=1S/C12H15N5O2/c1-8(9-5-4-6-10(7-9)19-3)11(18)13-12-14-15-16-17(12)2/h4-8H,1-3H3,(H,13,14,16,18). The molecule has 1 unspecified atom stereocenters. The molecule has 7 nitrogen and oxygen atoms in total. The molecule has 0 bridgehead atoms. The molecule has 0 aliphatic rings. The topological polar surface area (TPSA) is 81.9 Å². The summed E-state index contributed by atoms with van der Waals surface area (Å²) in [4.78, 5) is 12.1. The largest absolute Gasteiger partial charge is 0.497 e. The number of aromatic nitrogens is 4. The smallest absolute Gasteiger partial charge is 0.249 e. The molecule has 19 heavy (non-hydrogen) atoms. The molecule has 1 N–H and O–H groups in total. The zero-order chi connectivity index (χ0) is 13.8. The lowest BCUT2D eigenvalue weighted by Crippen LogP contribution is -2.21. The molecule has 0 saturated heterocycles. The van der Waals surface area contributed by atoms with Crippen LogP contribution in [0.1, 0.15) is 18.4 Å². The average Bonchev–Trinajstić information content (AvgIpc) is 2.83. The molecule has 0 radical (unpaired) electrons. The molecule has 1 amide bonds. The number of hydrogen-bond acceptors (Lipinski definition) is 5. The van der Waals surface area contributed by atoms with Crippen LogP contribution in [0, 0.1) is 0 Å². The zero-order valence-corrected chi connectivity index (χ0v) is 11.0. The fraction of sp³-hybridized carbons (Fsp3) is 0.333.